The first-order valence-corrected chi connectivity index (χ1v) is 12.8. The summed E-state index contributed by atoms with van der Waals surface area (Å²) >= 11 is 0. The van der Waals surface area contributed by atoms with Crippen molar-refractivity contribution in [3.63, 3.8) is 0 Å². The van der Waals surface area contributed by atoms with E-state index in [1.54, 1.807) is 0 Å². The fourth-order valence-electron chi connectivity index (χ4n) is 3.42. The molecule has 0 aromatic carbocycles. The average Bonchev–Trinajstić information content (AvgIpc) is 2.77. The highest BCUT2D eigenvalue weighted by molar-refractivity contribution is 6.07. The van der Waals surface area contributed by atoms with Crippen molar-refractivity contribution in [2.24, 2.45) is 5.41 Å². The standard InChI is InChI=1S/C26H46O7/c1-5-8-11-13-15-18-31-23(28)20-26(22(4)27,25(30)33-17-10-7-3)21-24(29)32-19-16-14-12-9-6-2/h5-21H2,1-4H3. The molecule has 0 aliphatic heterocycles. The van der Waals surface area contributed by atoms with Gasteiger partial charge in [-0.25, -0.2) is 0 Å². The Labute approximate surface area is 200 Å². The molecule has 0 saturated carbocycles. The molecule has 0 aliphatic rings. The molecule has 7 nitrogen and oxygen atoms in total. The average molecular weight is 471 g/mol. The lowest BCUT2D eigenvalue weighted by atomic mass is 9.77. The molecule has 33 heavy (non-hydrogen) atoms. The topological polar surface area (TPSA) is 96.0 Å². The van der Waals surface area contributed by atoms with Gasteiger partial charge in [0.1, 0.15) is 11.2 Å². The first kappa shape index (κ1) is 31.1. The molecule has 0 aromatic heterocycles. The number of esters is 3. The predicted octanol–water partition coefficient (Wildman–Crippen LogP) is 5.71. The third kappa shape index (κ3) is 14.1. The first-order valence-electron chi connectivity index (χ1n) is 12.8. The molecule has 0 bridgehead atoms. The molecule has 7 heteroatoms. The monoisotopic (exact) mass is 470 g/mol. The van der Waals surface area contributed by atoms with Gasteiger partial charge in [-0.2, -0.15) is 0 Å². The van der Waals surface area contributed by atoms with Gasteiger partial charge in [0, 0.05) is 0 Å². The Morgan fingerprint density at radius 3 is 1.33 bits per heavy atom. The maximum absolute atomic E-state index is 12.9. The van der Waals surface area contributed by atoms with E-state index in [9.17, 15) is 19.2 Å². The van der Waals surface area contributed by atoms with E-state index < -0.39 is 41.9 Å². The van der Waals surface area contributed by atoms with Crippen molar-refractivity contribution in [1.29, 1.82) is 0 Å². The van der Waals surface area contributed by atoms with Crippen LogP contribution in [0.25, 0.3) is 0 Å². The molecule has 0 radical (unpaired) electrons. The van der Waals surface area contributed by atoms with Gasteiger partial charge in [0.15, 0.2) is 0 Å². The number of ketones is 1. The number of ether oxygens (including phenoxy) is 3. The van der Waals surface area contributed by atoms with E-state index in [0.29, 0.717) is 6.42 Å². The van der Waals surface area contributed by atoms with Crippen LogP contribution < -0.4 is 0 Å². The SMILES string of the molecule is CCCCCCCOC(=O)CC(CC(=O)OCCCCCCC)(C(C)=O)C(=O)OCCCC. The van der Waals surface area contributed by atoms with Gasteiger partial charge in [-0.1, -0.05) is 78.6 Å². The van der Waals surface area contributed by atoms with Gasteiger partial charge in [0.25, 0.3) is 0 Å². The van der Waals surface area contributed by atoms with Crippen LogP contribution in [0, 0.1) is 5.41 Å². The summed E-state index contributed by atoms with van der Waals surface area (Å²) in [6.07, 6.45) is 10.4. The maximum atomic E-state index is 12.9. The highest BCUT2D eigenvalue weighted by atomic mass is 16.5. The maximum Gasteiger partial charge on any atom is 0.320 e. The van der Waals surface area contributed by atoms with Crippen molar-refractivity contribution in [1.82, 2.24) is 0 Å². The quantitative estimate of drug-likeness (QED) is 0.0917. The molecule has 0 heterocycles. The van der Waals surface area contributed by atoms with Crippen molar-refractivity contribution in [3.8, 4) is 0 Å². The molecule has 192 valence electrons. The lowest BCUT2D eigenvalue weighted by molar-refractivity contribution is -0.171. The zero-order chi connectivity index (χ0) is 25.0. The normalized spacial score (nSPS) is 11.2. The molecule has 0 spiro atoms. The van der Waals surface area contributed by atoms with Gasteiger partial charge in [0.2, 0.25) is 0 Å². The summed E-state index contributed by atoms with van der Waals surface area (Å²) in [6.45, 7) is 7.98. The van der Waals surface area contributed by atoms with Gasteiger partial charge in [-0.05, 0) is 26.2 Å². The number of Topliss-reactive ketones (excluding diaryl/α,β-unsaturated/α-hetero) is 1. The van der Waals surface area contributed by atoms with Crippen molar-refractivity contribution in [2.45, 2.75) is 118 Å². The van der Waals surface area contributed by atoms with E-state index in [1.165, 1.54) is 6.92 Å². The van der Waals surface area contributed by atoms with Crippen LogP contribution in [0.3, 0.4) is 0 Å². The number of unbranched alkanes of at least 4 members (excludes halogenated alkanes) is 9. The lowest BCUT2D eigenvalue weighted by Crippen LogP contribution is -2.44. The van der Waals surface area contributed by atoms with Crippen LogP contribution in [0.15, 0.2) is 0 Å². The molecule has 0 aromatic rings. The van der Waals surface area contributed by atoms with Gasteiger partial charge in [0.05, 0.1) is 32.7 Å². The second-order valence-electron chi connectivity index (χ2n) is 8.75. The van der Waals surface area contributed by atoms with Gasteiger partial charge in [-0.3, -0.25) is 19.2 Å². The smallest absolute Gasteiger partial charge is 0.320 e. The van der Waals surface area contributed by atoms with Crippen molar-refractivity contribution in [3.05, 3.63) is 0 Å². The minimum Gasteiger partial charge on any atom is -0.466 e. The summed E-state index contributed by atoms with van der Waals surface area (Å²) in [5, 5.41) is 0. The summed E-state index contributed by atoms with van der Waals surface area (Å²) in [4.78, 5) is 50.5. The summed E-state index contributed by atoms with van der Waals surface area (Å²) in [6, 6.07) is 0. The minimum absolute atomic E-state index is 0.128. The van der Waals surface area contributed by atoms with Gasteiger partial charge >= 0.3 is 17.9 Å². The Morgan fingerprint density at radius 2 is 0.939 bits per heavy atom. The molecule has 0 fully saturated rings. The third-order valence-corrected chi connectivity index (χ3v) is 5.71. The predicted molar refractivity (Wildman–Crippen MR) is 128 cm³/mol. The number of carbonyl (C=O) groups excluding carboxylic acids is 4. The zero-order valence-corrected chi connectivity index (χ0v) is 21.4. The molecular formula is C26H46O7. The summed E-state index contributed by atoms with van der Waals surface area (Å²) in [7, 11) is 0. The van der Waals surface area contributed by atoms with Gasteiger partial charge in [-0.15, -0.1) is 0 Å². The minimum atomic E-state index is -1.91. The molecule has 0 rings (SSSR count). The second-order valence-corrected chi connectivity index (χ2v) is 8.75. The van der Waals surface area contributed by atoms with E-state index in [0.717, 1.165) is 70.6 Å². The molecule has 0 unspecified atom stereocenters. The van der Waals surface area contributed by atoms with E-state index in [1.807, 2.05) is 6.92 Å². The Bertz CT molecular complexity index is 541. The van der Waals surface area contributed by atoms with Crippen LogP contribution in [-0.4, -0.2) is 43.5 Å². The van der Waals surface area contributed by atoms with Crippen LogP contribution in [0.4, 0.5) is 0 Å². The molecule has 0 amide bonds. The fourth-order valence-corrected chi connectivity index (χ4v) is 3.42. The Kier molecular flexibility index (Phi) is 18.4. The van der Waals surface area contributed by atoms with E-state index in [4.69, 9.17) is 14.2 Å². The number of carbonyl (C=O) groups is 4. The van der Waals surface area contributed by atoms with Crippen LogP contribution in [-0.2, 0) is 33.4 Å². The molecular weight excluding hydrogens is 424 g/mol. The molecule has 0 N–H and O–H groups in total. The highest BCUT2D eigenvalue weighted by Crippen LogP contribution is 2.32. The van der Waals surface area contributed by atoms with Crippen molar-refractivity contribution < 1.29 is 33.4 Å². The van der Waals surface area contributed by atoms with Crippen LogP contribution in [0.5, 0.6) is 0 Å². The molecule has 0 atom stereocenters. The Morgan fingerprint density at radius 1 is 0.545 bits per heavy atom. The Balaban J connectivity index is 5.04. The van der Waals surface area contributed by atoms with Crippen molar-refractivity contribution >= 4 is 23.7 Å². The molecule has 0 saturated heterocycles. The summed E-state index contributed by atoms with van der Waals surface area (Å²) < 4.78 is 15.8. The Hall–Kier alpha value is -1.92. The number of hydrogen-bond donors (Lipinski definition) is 0. The van der Waals surface area contributed by atoms with Gasteiger partial charge < -0.3 is 14.2 Å². The van der Waals surface area contributed by atoms with E-state index in [-0.39, 0.29) is 19.8 Å². The van der Waals surface area contributed by atoms with Crippen LogP contribution in [0.2, 0.25) is 0 Å². The van der Waals surface area contributed by atoms with Crippen LogP contribution in [0.1, 0.15) is 118 Å². The fraction of sp³-hybridized carbons (Fsp3) is 0.846. The number of rotatable bonds is 21. The lowest BCUT2D eigenvalue weighted by Gasteiger charge is -2.27. The van der Waals surface area contributed by atoms with E-state index >= 15 is 0 Å². The highest BCUT2D eigenvalue weighted by Gasteiger charge is 2.49. The van der Waals surface area contributed by atoms with Crippen LogP contribution >= 0.6 is 0 Å². The first-order chi connectivity index (χ1) is 15.8. The van der Waals surface area contributed by atoms with Crippen molar-refractivity contribution in [2.75, 3.05) is 19.8 Å². The largest absolute Gasteiger partial charge is 0.466 e. The second kappa shape index (κ2) is 19.5. The van der Waals surface area contributed by atoms with E-state index in [2.05, 4.69) is 13.8 Å². The summed E-state index contributed by atoms with van der Waals surface area (Å²) in [5.74, 6) is -2.81. The summed E-state index contributed by atoms with van der Waals surface area (Å²) in [5.41, 5.74) is -1.91. The zero-order valence-electron chi connectivity index (χ0n) is 21.4. The third-order valence-electron chi connectivity index (χ3n) is 5.71. The molecule has 0 aliphatic carbocycles. The number of hydrogen-bond acceptors (Lipinski definition) is 7.